The first-order valence-corrected chi connectivity index (χ1v) is 9.31. The van der Waals surface area contributed by atoms with Crippen LogP contribution >= 0.6 is 26.6 Å². The fourth-order valence-corrected chi connectivity index (χ4v) is 3.80. The van der Waals surface area contributed by atoms with Crippen LogP contribution in [0.2, 0.25) is 0 Å². The largest absolute Gasteiger partial charge is 0.487 e. The van der Waals surface area contributed by atoms with E-state index < -0.39 is 9.05 Å². The quantitative estimate of drug-likeness (QED) is 0.719. The van der Waals surface area contributed by atoms with E-state index in [1.807, 2.05) is 31.2 Å². The minimum Gasteiger partial charge on any atom is -0.487 e. The molecule has 0 unspecified atom stereocenters. The maximum absolute atomic E-state index is 11.7. The fourth-order valence-electron chi connectivity index (χ4n) is 2.02. The smallest absolute Gasteiger partial charge is 0.265 e. The maximum Gasteiger partial charge on any atom is 0.265 e. The molecule has 112 valence electrons. The monoisotopic (exact) mass is 388 g/mol. The Bertz CT molecular complexity index is 772. The molecule has 0 aliphatic heterocycles. The summed E-state index contributed by atoms with van der Waals surface area (Å²) in [5.41, 5.74) is 2.79. The van der Waals surface area contributed by atoms with Crippen LogP contribution in [0.4, 0.5) is 0 Å². The molecule has 0 saturated heterocycles. The molecule has 0 N–H and O–H groups in total. The van der Waals surface area contributed by atoms with Crippen LogP contribution < -0.4 is 4.74 Å². The summed E-state index contributed by atoms with van der Waals surface area (Å²) in [7, 11) is 1.61. The molecule has 0 aliphatic rings. The van der Waals surface area contributed by atoms with Crippen molar-refractivity contribution >= 4 is 35.7 Å². The molecule has 0 spiro atoms. The van der Waals surface area contributed by atoms with Gasteiger partial charge in [0.1, 0.15) is 17.3 Å². The molecule has 0 fully saturated rings. The van der Waals surface area contributed by atoms with E-state index in [0.717, 1.165) is 11.1 Å². The lowest BCUT2D eigenvalue weighted by Crippen LogP contribution is -2.03. The van der Waals surface area contributed by atoms with Gasteiger partial charge in [-0.1, -0.05) is 45.8 Å². The normalized spacial score (nSPS) is 11.4. The molecule has 2 aromatic rings. The summed E-state index contributed by atoms with van der Waals surface area (Å²) in [4.78, 5) is -0.0244. The third-order valence-electron chi connectivity index (χ3n) is 2.93. The predicted octanol–water partition coefficient (Wildman–Crippen LogP) is 4.57. The Morgan fingerprint density at radius 1 is 1.19 bits per heavy atom. The highest BCUT2D eigenvalue weighted by Gasteiger charge is 2.20. The molecule has 0 atom stereocenters. The van der Waals surface area contributed by atoms with E-state index in [-0.39, 0.29) is 17.3 Å². The van der Waals surface area contributed by atoms with Gasteiger partial charge in [0.25, 0.3) is 9.05 Å². The summed E-state index contributed by atoms with van der Waals surface area (Å²) in [6, 6.07) is 11.1. The number of halogens is 2. The zero-order valence-corrected chi connectivity index (χ0v) is 14.7. The molecule has 0 aromatic heterocycles. The van der Waals surface area contributed by atoms with Crippen molar-refractivity contribution in [3.8, 4) is 5.75 Å². The van der Waals surface area contributed by atoms with Crippen LogP contribution in [0, 0.1) is 13.8 Å². The number of hydrogen-bond donors (Lipinski definition) is 0. The topological polar surface area (TPSA) is 43.4 Å². The number of benzene rings is 2. The van der Waals surface area contributed by atoms with Gasteiger partial charge in [0.15, 0.2) is 0 Å². The summed E-state index contributed by atoms with van der Waals surface area (Å²) in [5.74, 6) is 0.287. The number of rotatable bonds is 4. The summed E-state index contributed by atoms with van der Waals surface area (Å²) in [6.45, 7) is 4.05. The van der Waals surface area contributed by atoms with Crippen LogP contribution in [-0.4, -0.2) is 8.42 Å². The van der Waals surface area contributed by atoms with Crippen LogP contribution in [0.5, 0.6) is 5.75 Å². The molecule has 0 amide bonds. The number of aryl methyl sites for hydroxylation is 2. The van der Waals surface area contributed by atoms with Crippen LogP contribution in [0.3, 0.4) is 0 Å². The Morgan fingerprint density at radius 3 is 2.52 bits per heavy atom. The minimum absolute atomic E-state index is 0.0244. The third-order valence-corrected chi connectivity index (χ3v) is 4.72. The molecule has 2 rings (SSSR count). The lowest BCUT2D eigenvalue weighted by Gasteiger charge is -2.13. The van der Waals surface area contributed by atoms with Gasteiger partial charge in [-0.25, -0.2) is 8.42 Å². The number of hydrogen-bond acceptors (Lipinski definition) is 3. The lowest BCUT2D eigenvalue weighted by molar-refractivity contribution is 0.296. The van der Waals surface area contributed by atoms with E-state index in [2.05, 4.69) is 15.9 Å². The van der Waals surface area contributed by atoms with Gasteiger partial charge in [0.2, 0.25) is 0 Å². The summed E-state index contributed by atoms with van der Waals surface area (Å²) in [5, 5.41) is 0. The van der Waals surface area contributed by atoms with Crippen LogP contribution in [0.25, 0.3) is 0 Å². The molecular formula is C15H14BrClO3S. The molecule has 6 heteroatoms. The second kappa shape index (κ2) is 6.38. The van der Waals surface area contributed by atoms with Crippen molar-refractivity contribution < 1.29 is 13.2 Å². The van der Waals surface area contributed by atoms with E-state index in [9.17, 15) is 8.42 Å². The second-order valence-corrected chi connectivity index (χ2v) is 8.22. The van der Waals surface area contributed by atoms with E-state index in [1.54, 1.807) is 13.0 Å². The highest BCUT2D eigenvalue weighted by Crippen LogP contribution is 2.34. The maximum atomic E-state index is 11.7. The van der Waals surface area contributed by atoms with Crippen molar-refractivity contribution in [1.82, 2.24) is 0 Å². The first-order chi connectivity index (χ1) is 9.77. The highest BCUT2D eigenvalue weighted by atomic mass is 79.9. The summed E-state index contributed by atoms with van der Waals surface area (Å²) < 4.78 is 29.7. The zero-order chi connectivity index (χ0) is 15.6. The van der Waals surface area contributed by atoms with Gasteiger partial charge in [-0.05, 0) is 37.1 Å². The van der Waals surface area contributed by atoms with Crippen molar-refractivity contribution in [2.45, 2.75) is 25.3 Å². The summed E-state index contributed by atoms with van der Waals surface area (Å²) >= 11 is 3.27. The van der Waals surface area contributed by atoms with E-state index >= 15 is 0 Å². The molecular weight excluding hydrogens is 376 g/mol. The molecule has 21 heavy (non-hydrogen) atoms. The van der Waals surface area contributed by atoms with Crippen LogP contribution in [0.1, 0.15) is 16.7 Å². The van der Waals surface area contributed by atoms with E-state index in [4.69, 9.17) is 15.4 Å². The molecule has 2 aromatic carbocycles. The molecule has 0 heterocycles. The first kappa shape index (κ1) is 16.3. The van der Waals surface area contributed by atoms with E-state index in [1.165, 1.54) is 6.07 Å². The average molecular weight is 390 g/mol. The Labute approximate surface area is 137 Å². The van der Waals surface area contributed by atoms with E-state index in [0.29, 0.717) is 10.0 Å². The SMILES string of the molecule is Cc1cccc(COc2c(C)cc(Br)cc2S(=O)(=O)Cl)c1. The van der Waals surface area contributed by atoms with Gasteiger partial charge in [-0.3, -0.25) is 0 Å². The Balaban J connectivity index is 2.36. The Kier molecular flexibility index (Phi) is 4.96. The van der Waals surface area contributed by atoms with Crippen molar-refractivity contribution in [2.75, 3.05) is 0 Å². The Hall–Kier alpha value is -1.04. The van der Waals surface area contributed by atoms with Gasteiger partial charge in [0.05, 0.1) is 0 Å². The fraction of sp³-hybridized carbons (Fsp3) is 0.200. The summed E-state index contributed by atoms with van der Waals surface area (Å²) in [6.07, 6.45) is 0. The lowest BCUT2D eigenvalue weighted by atomic mass is 10.1. The molecule has 0 saturated carbocycles. The molecule has 0 aliphatic carbocycles. The number of ether oxygens (including phenoxy) is 1. The van der Waals surface area contributed by atoms with Crippen LogP contribution in [0.15, 0.2) is 45.8 Å². The standard InChI is InChI=1S/C15H14BrClO3S/c1-10-4-3-5-12(6-10)9-20-15-11(2)7-13(16)8-14(15)21(17,18)19/h3-8H,9H2,1-2H3. The van der Waals surface area contributed by atoms with Gasteiger partial charge in [-0.2, -0.15) is 0 Å². The van der Waals surface area contributed by atoms with Crippen molar-refractivity contribution in [2.24, 2.45) is 0 Å². The predicted molar refractivity (Wildman–Crippen MR) is 87.4 cm³/mol. The van der Waals surface area contributed by atoms with Gasteiger partial charge in [-0.15, -0.1) is 0 Å². The van der Waals surface area contributed by atoms with Crippen molar-refractivity contribution in [3.05, 3.63) is 57.6 Å². The zero-order valence-electron chi connectivity index (χ0n) is 11.6. The third kappa shape index (κ3) is 4.22. The molecule has 3 nitrogen and oxygen atoms in total. The Morgan fingerprint density at radius 2 is 1.90 bits per heavy atom. The second-order valence-electron chi connectivity index (χ2n) is 4.77. The van der Waals surface area contributed by atoms with Gasteiger partial charge >= 0.3 is 0 Å². The van der Waals surface area contributed by atoms with Crippen molar-refractivity contribution in [1.29, 1.82) is 0 Å². The first-order valence-electron chi connectivity index (χ1n) is 6.20. The minimum atomic E-state index is -3.87. The molecule has 0 radical (unpaired) electrons. The van der Waals surface area contributed by atoms with Crippen LogP contribution in [-0.2, 0) is 15.7 Å². The van der Waals surface area contributed by atoms with Gasteiger partial charge in [0, 0.05) is 15.2 Å². The van der Waals surface area contributed by atoms with Crippen molar-refractivity contribution in [3.63, 3.8) is 0 Å². The highest BCUT2D eigenvalue weighted by molar-refractivity contribution is 9.10. The average Bonchev–Trinajstić information content (AvgIpc) is 2.36. The molecule has 0 bridgehead atoms. The van der Waals surface area contributed by atoms with Gasteiger partial charge < -0.3 is 4.74 Å².